The van der Waals surface area contributed by atoms with Crippen LogP contribution in [0, 0.1) is 0 Å². The Morgan fingerprint density at radius 3 is 2.48 bits per heavy atom. The molecule has 9 heteroatoms. The van der Waals surface area contributed by atoms with Crippen LogP contribution in [0.1, 0.15) is 46.6 Å². The van der Waals surface area contributed by atoms with Crippen LogP contribution in [-0.2, 0) is 20.8 Å². The fourth-order valence-electron chi connectivity index (χ4n) is 3.22. The molecule has 1 aromatic carbocycles. The summed E-state index contributed by atoms with van der Waals surface area (Å²) >= 11 is 7.64. The molecule has 0 bridgehead atoms. The minimum Gasteiger partial charge on any atom is -0.368 e. The van der Waals surface area contributed by atoms with Gasteiger partial charge in [0.25, 0.3) is 0 Å². The van der Waals surface area contributed by atoms with Gasteiger partial charge in [-0.3, -0.25) is 14.4 Å². The zero-order valence-corrected chi connectivity index (χ0v) is 20.6. The molecule has 31 heavy (non-hydrogen) atoms. The molecule has 1 aliphatic heterocycles. The Balaban J connectivity index is 0.000000605. The number of H-pyrrole nitrogens is 1. The molecule has 172 valence electrons. The van der Waals surface area contributed by atoms with Crippen LogP contribution in [0.2, 0.25) is 5.02 Å². The van der Waals surface area contributed by atoms with Gasteiger partial charge in [0.2, 0.25) is 17.7 Å². The molecule has 0 unspecified atom stereocenters. The van der Waals surface area contributed by atoms with E-state index in [1.807, 2.05) is 52.1 Å². The van der Waals surface area contributed by atoms with Gasteiger partial charge in [-0.15, -0.1) is 11.8 Å². The lowest BCUT2D eigenvalue weighted by Gasteiger charge is -2.28. The zero-order chi connectivity index (χ0) is 23.8. The predicted molar refractivity (Wildman–Crippen MR) is 129 cm³/mol. The lowest BCUT2D eigenvalue weighted by atomic mass is 10.0. The van der Waals surface area contributed by atoms with E-state index in [0.717, 1.165) is 16.5 Å². The Labute approximate surface area is 193 Å². The molecule has 3 amide bonds. The molecule has 0 spiro atoms. The number of aromatic nitrogens is 1. The largest absolute Gasteiger partial charge is 0.368 e. The van der Waals surface area contributed by atoms with Gasteiger partial charge < -0.3 is 20.9 Å². The normalized spacial score (nSPS) is 16.6. The van der Waals surface area contributed by atoms with Crippen LogP contribution >= 0.6 is 23.4 Å². The van der Waals surface area contributed by atoms with Gasteiger partial charge in [0, 0.05) is 47.3 Å². The molecule has 1 aliphatic rings. The van der Waals surface area contributed by atoms with Crippen molar-refractivity contribution in [3.05, 3.63) is 35.0 Å². The van der Waals surface area contributed by atoms with Crippen molar-refractivity contribution in [1.82, 2.24) is 15.2 Å². The number of primary amides is 1. The zero-order valence-electron chi connectivity index (χ0n) is 19.0. The van der Waals surface area contributed by atoms with E-state index in [-0.39, 0.29) is 16.6 Å². The smallest absolute Gasteiger partial charge is 0.241 e. The van der Waals surface area contributed by atoms with Gasteiger partial charge in [-0.25, -0.2) is 0 Å². The van der Waals surface area contributed by atoms with Crippen LogP contribution in [0.3, 0.4) is 0 Å². The number of fused-ring (bicyclic) bond motifs is 1. The Kier molecular flexibility index (Phi) is 10.4. The van der Waals surface area contributed by atoms with Gasteiger partial charge in [-0.05, 0) is 44.0 Å². The van der Waals surface area contributed by atoms with Crippen LogP contribution in [0.25, 0.3) is 10.9 Å². The minimum absolute atomic E-state index is 0.00463. The Morgan fingerprint density at radius 1 is 1.32 bits per heavy atom. The van der Waals surface area contributed by atoms with Crippen molar-refractivity contribution in [2.45, 2.75) is 58.2 Å². The highest BCUT2D eigenvalue weighted by Crippen LogP contribution is 2.39. The average molecular weight is 469 g/mol. The Morgan fingerprint density at radius 2 is 1.94 bits per heavy atom. The maximum Gasteiger partial charge on any atom is 0.241 e. The second-order valence-corrected chi connectivity index (χ2v) is 9.39. The van der Waals surface area contributed by atoms with E-state index >= 15 is 0 Å². The van der Waals surface area contributed by atoms with Crippen molar-refractivity contribution in [3.63, 3.8) is 0 Å². The summed E-state index contributed by atoms with van der Waals surface area (Å²) in [5.74, 6) is 0.00886. The van der Waals surface area contributed by atoms with Crippen LogP contribution in [0.15, 0.2) is 24.4 Å². The number of thioether (sulfide) groups is 1. The molecular weight excluding hydrogens is 436 g/mol. The fourth-order valence-corrected chi connectivity index (χ4v) is 4.56. The van der Waals surface area contributed by atoms with Crippen LogP contribution in [0.4, 0.5) is 0 Å². The quantitative estimate of drug-likeness (QED) is 0.635. The van der Waals surface area contributed by atoms with Crippen molar-refractivity contribution >= 4 is 52.0 Å². The number of nitrogens with zero attached hydrogens (tertiary/aromatic N) is 1. The molecule has 1 aromatic heterocycles. The molecule has 0 saturated carbocycles. The van der Waals surface area contributed by atoms with Crippen molar-refractivity contribution < 1.29 is 14.4 Å². The summed E-state index contributed by atoms with van der Waals surface area (Å²) in [7, 11) is 1.60. The van der Waals surface area contributed by atoms with Crippen molar-refractivity contribution in [3.8, 4) is 0 Å². The monoisotopic (exact) mass is 468 g/mol. The lowest BCUT2D eigenvalue weighted by molar-refractivity contribution is -0.138. The van der Waals surface area contributed by atoms with Crippen LogP contribution < -0.4 is 11.1 Å². The van der Waals surface area contributed by atoms with E-state index in [1.54, 1.807) is 23.7 Å². The first-order chi connectivity index (χ1) is 14.6. The lowest BCUT2D eigenvalue weighted by Crippen LogP contribution is -2.51. The van der Waals surface area contributed by atoms with E-state index in [0.29, 0.717) is 23.7 Å². The maximum absolute atomic E-state index is 12.6. The van der Waals surface area contributed by atoms with Gasteiger partial charge in [-0.1, -0.05) is 25.4 Å². The van der Waals surface area contributed by atoms with Crippen molar-refractivity contribution in [2.24, 2.45) is 5.73 Å². The van der Waals surface area contributed by atoms with Gasteiger partial charge >= 0.3 is 0 Å². The highest BCUT2D eigenvalue weighted by atomic mass is 35.5. The highest BCUT2D eigenvalue weighted by molar-refractivity contribution is 8.00. The summed E-state index contributed by atoms with van der Waals surface area (Å²) in [5, 5.41) is 4.08. The number of carbonyl (C=O) groups excluding carboxylic acids is 3. The Hall–Kier alpha value is -2.19. The van der Waals surface area contributed by atoms with E-state index in [9.17, 15) is 14.4 Å². The molecule has 1 saturated heterocycles. The number of amides is 3. The van der Waals surface area contributed by atoms with Gasteiger partial charge in [0.15, 0.2) is 0 Å². The van der Waals surface area contributed by atoms with Crippen molar-refractivity contribution in [1.29, 1.82) is 0 Å². The summed E-state index contributed by atoms with van der Waals surface area (Å²) in [6.07, 6.45) is 2.83. The Bertz CT molecular complexity index is 913. The van der Waals surface area contributed by atoms with Gasteiger partial charge in [-0.2, -0.15) is 0 Å². The van der Waals surface area contributed by atoms with Crippen molar-refractivity contribution in [2.75, 3.05) is 12.9 Å². The maximum atomic E-state index is 12.6. The van der Waals surface area contributed by atoms with E-state index < -0.39 is 11.9 Å². The molecule has 2 aromatic rings. The SMILES string of the molecule is CC.CC1(C)SCN(C(=O)CCc2c[nH]c3ccc(Cl)cc23)[C@@H]1C(N)=O.CNC(C)=O. The third-order valence-corrected chi connectivity index (χ3v) is 6.44. The number of aromatic amines is 1. The number of hydrogen-bond acceptors (Lipinski definition) is 4. The third-order valence-electron chi connectivity index (χ3n) is 4.83. The van der Waals surface area contributed by atoms with E-state index in [2.05, 4.69) is 10.3 Å². The first-order valence-corrected chi connectivity index (χ1v) is 11.6. The molecular formula is C22H33ClN4O3S. The van der Waals surface area contributed by atoms with Crippen LogP contribution in [-0.4, -0.2) is 51.3 Å². The molecule has 1 fully saturated rings. The number of aryl methyl sites for hydroxylation is 1. The summed E-state index contributed by atoms with van der Waals surface area (Å²) in [4.78, 5) is 38.9. The number of nitrogens with two attached hydrogens (primary N) is 1. The number of benzene rings is 1. The summed E-state index contributed by atoms with van der Waals surface area (Å²) in [5.41, 5.74) is 7.56. The summed E-state index contributed by atoms with van der Waals surface area (Å²) in [6.45, 7) is 9.37. The molecule has 2 heterocycles. The number of nitrogens with one attached hydrogen (secondary N) is 2. The molecule has 7 nitrogen and oxygen atoms in total. The number of rotatable bonds is 4. The number of carbonyl (C=O) groups is 3. The minimum atomic E-state index is -0.563. The van der Waals surface area contributed by atoms with E-state index in [4.69, 9.17) is 17.3 Å². The molecule has 3 rings (SSSR count). The first-order valence-electron chi connectivity index (χ1n) is 10.2. The first kappa shape index (κ1) is 26.8. The molecule has 0 aliphatic carbocycles. The van der Waals surface area contributed by atoms with E-state index in [1.165, 1.54) is 6.92 Å². The molecule has 4 N–H and O–H groups in total. The highest BCUT2D eigenvalue weighted by Gasteiger charge is 2.46. The molecule has 0 radical (unpaired) electrons. The van der Waals surface area contributed by atoms with Gasteiger partial charge in [0.1, 0.15) is 6.04 Å². The molecule has 1 atom stereocenters. The van der Waals surface area contributed by atoms with Gasteiger partial charge in [0.05, 0.1) is 5.88 Å². The topological polar surface area (TPSA) is 108 Å². The van der Waals surface area contributed by atoms with Crippen LogP contribution in [0.5, 0.6) is 0 Å². The second-order valence-electron chi connectivity index (χ2n) is 7.36. The predicted octanol–water partition coefficient (Wildman–Crippen LogP) is 3.70. The summed E-state index contributed by atoms with van der Waals surface area (Å²) < 4.78 is -0.351. The average Bonchev–Trinajstić information content (AvgIpc) is 3.27. The number of halogens is 1. The number of hydrogen-bond donors (Lipinski definition) is 3. The standard InChI is InChI=1S/C17H20ClN3O2S.C3H7NO.C2H6/c1-17(2)15(16(19)23)21(9-24-17)14(22)6-3-10-8-20-13-5-4-11(18)7-12(10)13;1-3(5)4-2;1-2/h4-5,7-8,15,20H,3,6,9H2,1-2H3,(H2,19,23);1-2H3,(H,4,5);1-2H3/t15-;;/m1../s1. The fraction of sp³-hybridized carbons (Fsp3) is 0.500. The third kappa shape index (κ3) is 7.18. The summed E-state index contributed by atoms with van der Waals surface area (Å²) in [6, 6.07) is 5.09. The second kappa shape index (κ2) is 12.0.